The van der Waals surface area contributed by atoms with E-state index in [1.807, 2.05) is 44.4 Å². The lowest BCUT2D eigenvalue weighted by atomic mass is 9.72. The Morgan fingerprint density at radius 2 is 1.44 bits per heavy atom. The molecule has 126 valence electrons. The molecule has 0 bridgehead atoms. The number of hydrogen-bond acceptors (Lipinski definition) is 2. The number of amides is 1. The van der Waals surface area contributed by atoms with Crippen LogP contribution in [0.5, 0.6) is 0 Å². The standard InChI is InChI=1S/C22H22N2O/c1-17(25)23-20-13-15-22(16-14-20,18-7-5-4-6-8-18)19-9-11-21(12-10-19)24(2)3/h4-16H,1-3H3. The lowest BCUT2D eigenvalue weighted by Gasteiger charge is -2.31. The van der Waals surface area contributed by atoms with Crippen molar-refractivity contribution in [2.24, 2.45) is 4.99 Å². The molecule has 0 aliphatic heterocycles. The quantitative estimate of drug-likeness (QED) is 0.847. The molecule has 1 aliphatic rings. The van der Waals surface area contributed by atoms with Gasteiger partial charge in [0.25, 0.3) is 0 Å². The molecule has 25 heavy (non-hydrogen) atoms. The maximum absolute atomic E-state index is 11.3. The second-order valence-corrected chi connectivity index (χ2v) is 6.40. The van der Waals surface area contributed by atoms with Crippen LogP contribution in [0.1, 0.15) is 18.1 Å². The molecule has 3 heteroatoms. The van der Waals surface area contributed by atoms with E-state index in [0.29, 0.717) is 5.71 Å². The number of carbonyl (C=O) groups excluding carboxylic acids is 1. The van der Waals surface area contributed by atoms with E-state index in [-0.39, 0.29) is 11.3 Å². The minimum absolute atomic E-state index is 0.188. The van der Waals surface area contributed by atoms with Gasteiger partial charge in [-0.1, -0.05) is 54.6 Å². The van der Waals surface area contributed by atoms with Crippen molar-refractivity contribution < 1.29 is 4.79 Å². The topological polar surface area (TPSA) is 32.7 Å². The zero-order valence-corrected chi connectivity index (χ0v) is 14.8. The molecule has 2 aromatic rings. The Morgan fingerprint density at radius 1 is 0.880 bits per heavy atom. The molecule has 0 atom stereocenters. The van der Waals surface area contributed by atoms with E-state index in [2.05, 4.69) is 58.4 Å². The molecule has 0 N–H and O–H groups in total. The third-order valence-electron chi connectivity index (χ3n) is 4.43. The van der Waals surface area contributed by atoms with Crippen molar-refractivity contribution in [2.75, 3.05) is 19.0 Å². The molecule has 0 saturated carbocycles. The van der Waals surface area contributed by atoms with Gasteiger partial charge in [0, 0.05) is 26.7 Å². The van der Waals surface area contributed by atoms with E-state index >= 15 is 0 Å². The largest absolute Gasteiger partial charge is 0.378 e. The molecular formula is C22H22N2O. The van der Waals surface area contributed by atoms with Gasteiger partial charge in [-0.2, -0.15) is 0 Å². The summed E-state index contributed by atoms with van der Waals surface area (Å²) in [6.45, 7) is 1.47. The van der Waals surface area contributed by atoms with Gasteiger partial charge in [-0.05, 0) is 35.4 Å². The molecule has 1 aliphatic carbocycles. The number of carbonyl (C=O) groups is 1. The summed E-state index contributed by atoms with van der Waals surface area (Å²) < 4.78 is 0. The third kappa shape index (κ3) is 3.45. The molecule has 2 aromatic carbocycles. The summed E-state index contributed by atoms with van der Waals surface area (Å²) in [6.07, 6.45) is 8.09. The number of benzene rings is 2. The number of anilines is 1. The van der Waals surface area contributed by atoms with E-state index in [1.165, 1.54) is 18.1 Å². The van der Waals surface area contributed by atoms with Gasteiger partial charge < -0.3 is 4.90 Å². The molecule has 1 amide bonds. The zero-order valence-electron chi connectivity index (χ0n) is 14.8. The summed E-state index contributed by atoms with van der Waals surface area (Å²) in [5.74, 6) is -0.188. The van der Waals surface area contributed by atoms with Crippen molar-refractivity contribution in [3.05, 3.63) is 90.0 Å². The molecule has 3 rings (SSSR count). The highest BCUT2D eigenvalue weighted by Gasteiger charge is 2.30. The Labute approximate surface area is 149 Å². The third-order valence-corrected chi connectivity index (χ3v) is 4.43. The molecule has 0 radical (unpaired) electrons. The fourth-order valence-electron chi connectivity index (χ4n) is 3.10. The SMILES string of the molecule is CC(=O)N=C1C=CC(c2ccccc2)(c2ccc(N(C)C)cc2)C=C1. The summed E-state index contributed by atoms with van der Waals surface area (Å²) in [5, 5.41) is 0. The normalized spacial score (nSPS) is 18.9. The van der Waals surface area contributed by atoms with Crippen LogP contribution in [0.3, 0.4) is 0 Å². The average molecular weight is 330 g/mol. The van der Waals surface area contributed by atoms with Gasteiger partial charge in [-0.3, -0.25) is 4.79 Å². The molecule has 0 saturated heterocycles. The van der Waals surface area contributed by atoms with Gasteiger partial charge in [0.2, 0.25) is 5.91 Å². The van der Waals surface area contributed by atoms with Crippen molar-refractivity contribution in [1.82, 2.24) is 0 Å². The minimum Gasteiger partial charge on any atom is -0.378 e. The summed E-state index contributed by atoms with van der Waals surface area (Å²) in [5.41, 5.74) is 3.85. The zero-order chi connectivity index (χ0) is 17.9. The highest BCUT2D eigenvalue weighted by molar-refractivity contribution is 6.10. The second-order valence-electron chi connectivity index (χ2n) is 6.40. The van der Waals surface area contributed by atoms with Crippen LogP contribution in [0.25, 0.3) is 0 Å². The molecule has 0 spiro atoms. The number of hydrogen-bond donors (Lipinski definition) is 0. The predicted molar refractivity (Wildman–Crippen MR) is 104 cm³/mol. The first-order chi connectivity index (χ1) is 12.0. The van der Waals surface area contributed by atoms with Crippen molar-refractivity contribution in [1.29, 1.82) is 0 Å². The molecule has 3 nitrogen and oxygen atoms in total. The van der Waals surface area contributed by atoms with Gasteiger partial charge in [0.15, 0.2) is 0 Å². The predicted octanol–water partition coefficient (Wildman–Crippen LogP) is 4.15. The van der Waals surface area contributed by atoms with E-state index in [4.69, 9.17) is 0 Å². The lowest BCUT2D eigenvalue weighted by molar-refractivity contribution is -0.115. The van der Waals surface area contributed by atoms with Gasteiger partial charge in [0.1, 0.15) is 0 Å². The Balaban J connectivity index is 2.09. The number of rotatable bonds is 3. The van der Waals surface area contributed by atoms with E-state index in [0.717, 1.165) is 5.69 Å². The maximum atomic E-state index is 11.3. The van der Waals surface area contributed by atoms with Crippen molar-refractivity contribution >= 4 is 17.3 Å². The van der Waals surface area contributed by atoms with Crippen LogP contribution < -0.4 is 4.90 Å². The van der Waals surface area contributed by atoms with Gasteiger partial charge in [0.05, 0.1) is 11.1 Å². The summed E-state index contributed by atoms with van der Waals surface area (Å²) in [6, 6.07) is 18.9. The lowest BCUT2D eigenvalue weighted by Crippen LogP contribution is -2.25. The van der Waals surface area contributed by atoms with Crippen molar-refractivity contribution in [3.8, 4) is 0 Å². The van der Waals surface area contributed by atoms with Crippen LogP contribution in [0.2, 0.25) is 0 Å². The van der Waals surface area contributed by atoms with E-state index in [9.17, 15) is 4.79 Å². The number of nitrogens with zero attached hydrogens (tertiary/aromatic N) is 2. The molecule has 0 unspecified atom stereocenters. The molecule has 0 heterocycles. The van der Waals surface area contributed by atoms with Crippen LogP contribution >= 0.6 is 0 Å². The highest BCUT2D eigenvalue weighted by atomic mass is 16.1. The minimum atomic E-state index is -0.359. The van der Waals surface area contributed by atoms with Crippen LogP contribution in [0.15, 0.2) is 83.9 Å². The molecular weight excluding hydrogens is 308 g/mol. The fourth-order valence-corrected chi connectivity index (χ4v) is 3.10. The average Bonchev–Trinajstić information content (AvgIpc) is 2.63. The Morgan fingerprint density at radius 3 is 1.96 bits per heavy atom. The second kappa shape index (κ2) is 6.89. The van der Waals surface area contributed by atoms with E-state index < -0.39 is 0 Å². The number of aliphatic imine (C=N–C) groups is 1. The van der Waals surface area contributed by atoms with Gasteiger partial charge in [-0.15, -0.1) is 0 Å². The molecule has 0 aromatic heterocycles. The smallest absolute Gasteiger partial charge is 0.243 e. The summed E-state index contributed by atoms with van der Waals surface area (Å²) in [4.78, 5) is 17.4. The van der Waals surface area contributed by atoms with Crippen molar-refractivity contribution in [2.45, 2.75) is 12.3 Å². The van der Waals surface area contributed by atoms with Gasteiger partial charge >= 0.3 is 0 Å². The van der Waals surface area contributed by atoms with Crippen LogP contribution in [0.4, 0.5) is 5.69 Å². The molecule has 0 fully saturated rings. The summed E-state index contributed by atoms with van der Waals surface area (Å²) >= 11 is 0. The van der Waals surface area contributed by atoms with Crippen LogP contribution in [-0.2, 0) is 10.2 Å². The van der Waals surface area contributed by atoms with Gasteiger partial charge in [-0.25, -0.2) is 4.99 Å². The van der Waals surface area contributed by atoms with Crippen molar-refractivity contribution in [3.63, 3.8) is 0 Å². The Bertz CT molecular complexity index is 827. The first kappa shape index (κ1) is 16.9. The van der Waals surface area contributed by atoms with E-state index in [1.54, 1.807) is 0 Å². The Hall–Kier alpha value is -2.94. The Kier molecular flexibility index (Phi) is 4.66. The van der Waals surface area contributed by atoms with Crippen LogP contribution in [-0.4, -0.2) is 25.7 Å². The first-order valence-electron chi connectivity index (χ1n) is 8.32. The fraction of sp³-hybridized carbons (Fsp3) is 0.182. The number of allylic oxidation sites excluding steroid dienone is 4. The highest BCUT2D eigenvalue weighted by Crippen LogP contribution is 2.37. The van der Waals surface area contributed by atoms with Crippen LogP contribution in [0, 0.1) is 0 Å². The first-order valence-corrected chi connectivity index (χ1v) is 8.32. The maximum Gasteiger partial charge on any atom is 0.243 e. The monoisotopic (exact) mass is 330 g/mol. The summed E-state index contributed by atoms with van der Waals surface area (Å²) in [7, 11) is 4.07.